The topological polar surface area (TPSA) is 62.7 Å². The molecular weight excluding hydrogens is 404 g/mol. The Hall–Kier alpha value is -2.86. The predicted octanol–water partition coefficient (Wildman–Crippen LogP) is 5.50. The lowest BCUT2D eigenvalue weighted by Crippen LogP contribution is -2.21. The minimum Gasteiger partial charge on any atom is -0.493 e. The smallest absolute Gasteiger partial charge is 0.216 e. The van der Waals surface area contributed by atoms with E-state index in [2.05, 4.69) is 18.0 Å². The van der Waals surface area contributed by atoms with Crippen molar-refractivity contribution in [1.82, 2.24) is 9.97 Å². The third-order valence-corrected chi connectivity index (χ3v) is 5.81. The van der Waals surface area contributed by atoms with Crippen molar-refractivity contribution in [3.8, 4) is 17.4 Å². The zero-order chi connectivity index (χ0) is 22.2. The maximum atomic E-state index is 6.16. The van der Waals surface area contributed by atoms with E-state index in [-0.39, 0.29) is 0 Å². The van der Waals surface area contributed by atoms with E-state index in [0.29, 0.717) is 37.4 Å². The number of benzene rings is 1. The summed E-state index contributed by atoms with van der Waals surface area (Å²) in [4.78, 5) is 9.16. The largest absolute Gasteiger partial charge is 0.493 e. The lowest BCUT2D eigenvalue weighted by molar-refractivity contribution is 0.0490. The standard InChI is InChI=1S/C26H32N2O4/c1-3-4-13-30-26-19(2)24(28-23-8-6-5-7-22(23)26)18-31-21-9-12-27-25(16-21)32-17-20-10-14-29-15-11-20/h5-9,12,16,20H,3-4,10-11,13-15,17-18H2,1-2H3. The highest BCUT2D eigenvalue weighted by Crippen LogP contribution is 2.31. The van der Waals surface area contributed by atoms with Gasteiger partial charge in [0.2, 0.25) is 5.88 Å². The molecule has 6 nitrogen and oxygen atoms in total. The van der Waals surface area contributed by atoms with Crippen LogP contribution in [0.5, 0.6) is 17.4 Å². The van der Waals surface area contributed by atoms with Crippen molar-refractivity contribution in [3.05, 3.63) is 53.9 Å². The summed E-state index contributed by atoms with van der Waals surface area (Å²) in [5.41, 5.74) is 2.81. The summed E-state index contributed by atoms with van der Waals surface area (Å²) in [7, 11) is 0. The third kappa shape index (κ3) is 5.68. The molecule has 0 bridgehead atoms. The minimum atomic E-state index is 0.351. The van der Waals surface area contributed by atoms with Crippen molar-refractivity contribution >= 4 is 10.9 Å². The molecule has 2 aromatic heterocycles. The first-order chi connectivity index (χ1) is 15.7. The SMILES string of the molecule is CCCCOc1c(C)c(COc2ccnc(OCC3CCOCC3)c2)nc2ccccc12. The number of unbranched alkanes of at least 4 members (excludes halogenated alkanes) is 1. The molecule has 3 aromatic rings. The Morgan fingerprint density at radius 2 is 1.91 bits per heavy atom. The second kappa shape index (κ2) is 11.1. The van der Waals surface area contributed by atoms with E-state index in [1.807, 2.05) is 37.3 Å². The molecule has 0 atom stereocenters. The molecule has 0 spiro atoms. The quantitative estimate of drug-likeness (QED) is 0.391. The van der Waals surface area contributed by atoms with E-state index >= 15 is 0 Å². The Morgan fingerprint density at radius 3 is 2.75 bits per heavy atom. The maximum Gasteiger partial charge on any atom is 0.216 e. The number of pyridine rings is 2. The number of nitrogens with zero attached hydrogens (tertiary/aromatic N) is 2. The van der Waals surface area contributed by atoms with Crippen LogP contribution in [-0.4, -0.2) is 36.4 Å². The number of hydrogen-bond donors (Lipinski definition) is 0. The van der Waals surface area contributed by atoms with Gasteiger partial charge in [-0.1, -0.05) is 25.5 Å². The average molecular weight is 437 g/mol. The Bertz CT molecular complexity index is 1020. The molecule has 3 heterocycles. The van der Waals surface area contributed by atoms with Crippen LogP contribution < -0.4 is 14.2 Å². The molecule has 0 radical (unpaired) electrons. The number of rotatable bonds is 10. The molecule has 32 heavy (non-hydrogen) atoms. The van der Waals surface area contributed by atoms with E-state index in [9.17, 15) is 0 Å². The van der Waals surface area contributed by atoms with Crippen molar-refractivity contribution in [2.24, 2.45) is 5.92 Å². The first-order valence-electron chi connectivity index (χ1n) is 11.5. The van der Waals surface area contributed by atoms with Crippen molar-refractivity contribution in [2.45, 2.75) is 46.1 Å². The molecule has 1 aromatic carbocycles. The van der Waals surface area contributed by atoms with Gasteiger partial charge in [-0.15, -0.1) is 0 Å². The van der Waals surface area contributed by atoms with E-state index in [0.717, 1.165) is 66.8 Å². The summed E-state index contributed by atoms with van der Waals surface area (Å²) in [5.74, 6) is 2.72. The van der Waals surface area contributed by atoms with E-state index < -0.39 is 0 Å². The van der Waals surface area contributed by atoms with Crippen molar-refractivity contribution in [3.63, 3.8) is 0 Å². The summed E-state index contributed by atoms with van der Waals surface area (Å²) in [6.45, 7) is 7.54. The predicted molar refractivity (Wildman–Crippen MR) is 124 cm³/mol. The van der Waals surface area contributed by atoms with Gasteiger partial charge in [-0.05, 0) is 50.3 Å². The average Bonchev–Trinajstić information content (AvgIpc) is 2.84. The van der Waals surface area contributed by atoms with Gasteiger partial charge in [-0.25, -0.2) is 9.97 Å². The highest BCUT2D eigenvalue weighted by Gasteiger charge is 2.16. The highest BCUT2D eigenvalue weighted by molar-refractivity contribution is 5.86. The van der Waals surface area contributed by atoms with Crippen LogP contribution in [0, 0.1) is 12.8 Å². The summed E-state index contributed by atoms with van der Waals surface area (Å²) < 4.78 is 23.6. The first kappa shape index (κ1) is 22.3. The maximum absolute atomic E-state index is 6.16. The Morgan fingerprint density at radius 1 is 1.06 bits per heavy atom. The fourth-order valence-electron chi connectivity index (χ4n) is 3.80. The highest BCUT2D eigenvalue weighted by atomic mass is 16.5. The molecule has 6 heteroatoms. The van der Waals surface area contributed by atoms with Crippen molar-refractivity contribution < 1.29 is 18.9 Å². The van der Waals surface area contributed by atoms with Gasteiger partial charge in [-0.3, -0.25) is 0 Å². The molecular formula is C26H32N2O4. The van der Waals surface area contributed by atoms with Gasteiger partial charge < -0.3 is 18.9 Å². The van der Waals surface area contributed by atoms with Crippen LogP contribution in [0.2, 0.25) is 0 Å². The Balaban J connectivity index is 1.45. The number of para-hydroxylation sites is 1. The minimum absolute atomic E-state index is 0.351. The summed E-state index contributed by atoms with van der Waals surface area (Å²) in [6, 6.07) is 11.8. The van der Waals surface area contributed by atoms with Gasteiger partial charge in [0.05, 0.1) is 24.4 Å². The molecule has 170 valence electrons. The van der Waals surface area contributed by atoms with Crippen LogP contribution in [0.4, 0.5) is 0 Å². The zero-order valence-electron chi connectivity index (χ0n) is 19.0. The molecule has 0 N–H and O–H groups in total. The van der Waals surface area contributed by atoms with Gasteiger partial charge in [-0.2, -0.15) is 0 Å². The van der Waals surface area contributed by atoms with Crippen LogP contribution in [0.25, 0.3) is 10.9 Å². The normalized spacial score (nSPS) is 14.4. The molecule has 0 saturated carbocycles. The van der Waals surface area contributed by atoms with Crippen LogP contribution in [0.15, 0.2) is 42.6 Å². The lowest BCUT2D eigenvalue weighted by Gasteiger charge is -2.21. The Kier molecular flexibility index (Phi) is 7.77. The monoisotopic (exact) mass is 436 g/mol. The molecule has 1 aliphatic rings. The second-order valence-corrected chi connectivity index (χ2v) is 8.22. The molecule has 1 fully saturated rings. The molecule has 0 amide bonds. The number of fused-ring (bicyclic) bond motifs is 1. The van der Waals surface area contributed by atoms with E-state index in [1.54, 1.807) is 6.20 Å². The summed E-state index contributed by atoms with van der Waals surface area (Å²) >= 11 is 0. The molecule has 1 saturated heterocycles. The number of aromatic nitrogens is 2. The van der Waals surface area contributed by atoms with Gasteiger partial charge >= 0.3 is 0 Å². The Labute approximate surface area is 189 Å². The fourth-order valence-corrected chi connectivity index (χ4v) is 3.80. The van der Waals surface area contributed by atoms with Crippen molar-refractivity contribution in [1.29, 1.82) is 0 Å². The van der Waals surface area contributed by atoms with Crippen LogP contribution in [0.1, 0.15) is 43.9 Å². The zero-order valence-corrected chi connectivity index (χ0v) is 19.0. The second-order valence-electron chi connectivity index (χ2n) is 8.22. The fraction of sp³-hybridized carbons (Fsp3) is 0.462. The summed E-state index contributed by atoms with van der Waals surface area (Å²) in [6.07, 6.45) is 5.90. The van der Waals surface area contributed by atoms with Gasteiger partial charge in [0.15, 0.2) is 0 Å². The first-order valence-corrected chi connectivity index (χ1v) is 11.5. The molecule has 0 aliphatic carbocycles. The number of hydrogen-bond acceptors (Lipinski definition) is 6. The van der Waals surface area contributed by atoms with Crippen LogP contribution >= 0.6 is 0 Å². The lowest BCUT2D eigenvalue weighted by atomic mass is 10.0. The van der Waals surface area contributed by atoms with Gasteiger partial charge in [0, 0.05) is 36.4 Å². The van der Waals surface area contributed by atoms with E-state index in [4.69, 9.17) is 23.9 Å². The van der Waals surface area contributed by atoms with E-state index in [1.165, 1.54) is 0 Å². The van der Waals surface area contributed by atoms with Gasteiger partial charge in [0.25, 0.3) is 0 Å². The summed E-state index contributed by atoms with van der Waals surface area (Å²) in [5, 5.41) is 1.04. The molecule has 0 unspecified atom stereocenters. The third-order valence-electron chi connectivity index (χ3n) is 5.81. The molecule has 1 aliphatic heterocycles. The van der Waals surface area contributed by atoms with Crippen LogP contribution in [-0.2, 0) is 11.3 Å². The number of ether oxygens (including phenoxy) is 4. The van der Waals surface area contributed by atoms with Crippen molar-refractivity contribution in [2.75, 3.05) is 26.4 Å². The molecule has 4 rings (SSSR count). The van der Waals surface area contributed by atoms with Gasteiger partial charge in [0.1, 0.15) is 18.1 Å². The van der Waals surface area contributed by atoms with Crippen LogP contribution in [0.3, 0.4) is 0 Å².